The monoisotopic (exact) mass is 561 g/mol. The summed E-state index contributed by atoms with van der Waals surface area (Å²) in [5.74, 6) is 0.849. The molecule has 0 aliphatic carbocycles. The highest BCUT2D eigenvalue weighted by Gasteiger charge is 2.24. The van der Waals surface area contributed by atoms with E-state index < -0.39 is 0 Å². The summed E-state index contributed by atoms with van der Waals surface area (Å²) in [5, 5.41) is 10.9. The van der Waals surface area contributed by atoms with Crippen molar-refractivity contribution in [3.8, 4) is 11.3 Å². The number of benzene rings is 8. The van der Waals surface area contributed by atoms with Crippen molar-refractivity contribution in [3.63, 3.8) is 0 Å². The predicted octanol–water partition coefficient (Wildman–Crippen LogP) is 12.2. The Balaban J connectivity index is 1.43. The number of rotatable bonds is 4. The standard InChI is InChI=1S/C42H27NO/c1-4-16-31-28(13-1)25-39(35-20-8-6-18-33(31)35)43(40-26-29-14-2-5-17-32(29)34-19-7-9-21-36(34)40)38-23-11-10-22-37(38)42-27-30-15-3-12-24-41(30)44-42/h1-27H. The van der Waals surface area contributed by atoms with Crippen molar-refractivity contribution >= 4 is 71.1 Å². The van der Waals surface area contributed by atoms with E-state index in [9.17, 15) is 0 Å². The van der Waals surface area contributed by atoms with E-state index in [0.717, 1.165) is 39.4 Å². The Bertz CT molecular complexity index is 2370. The van der Waals surface area contributed by atoms with E-state index in [2.05, 4.69) is 157 Å². The van der Waals surface area contributed by atoms with E-state index in [0.29, 0.717) is 0 Å². The first-order chi connectivity index (χ1) is 21.8. The molecule has 0 bridgehead atoms. The van der Waals surface area contributed by atoms with E-state index in [1.165, 1.54) is 43.1 Å². The fourth-order valence-corrected chi connectivity index (χ4v) is 6.82. The third kappa shape index (κ3) is 3.82. The first-order valence-electron chi connectivity index (χ1n) is 15.0. The Kier molecular flexibility index (Phi) is 5.54. The third-order valence-electron chi connectivity index (χ3n) is 8.81. The molecule has 0 aliphatic rings. The zero-order valence-corrected chi connectivity index (χ0v) is 23.9. The molecule has 0 radical (unpaired) electrons. The van der Waals surface area contributed by atoms with Crippen LogP contribution in [0.3, 0.4) is 0 Å². The highest BCUT2D eigenvalue weighted by molar-refractivity contribution is 6.19. The molecule has 1 aromatic heterocycles. The van der Waals surface area contributed by atoms with Crippen molar-refractivity contribution < 1.29 is 4.42 Å². The number of hydrogen-bond acceptors (Lipinski definition) is 2. The maximum absolute atomic E-state index is 6.51. The lowest BCUT2D eigenvalue weighted by molar-refractivity contribution is 0.631. The van der Waals surface area contributed by atoms with Crippen molar-refractivity contribution in [1.29, 1.82) is 0 Å². The molecule has 2 heteroatoms. The highest BCUT2D eigenvalue weighted by atomic mass is 16.3. The zero-order valence-electron chi connectivity index (χ0n) is 23.9. The van der Waals surface area contributed by atoms with Gasteiger partial charge in [-0.15, -0.1) is 0 Å². The van der Waals surface area contributed by atoms with Gasteiger partial charge in [-0.2, -0.15) is 0 Å². The minimum Gasteiger partial charge on any atom is -0.456 e. The molecule has 0 spiro atoms. The van der Waals surface area contributed by atoms with Gasteiger partial charge in [0.1, 0.15) is 11.3 Å². The van der Waals surface area contributed by atoms with E-state index in [4.69, 9.17) is 4.42 Å². The van der Waals surface area contributed by atoms with Crippen LogP contribution in [0.15, 0.2) is 168 Å². The summed E-state index contributed by atoms with van der Waals surface area (Å²) >= 11 is 0. The van der Waals surface area contributed by atoms with Gasteiger partial charge in [0.05, 0.1) is 17.1 Å². The average molecular weight is 562 g/mol. The molecule has 9 rings (SSSR count). The maximum atomic E-state index is 6.51. The van der Waals surface area contributed by atoms with Crippen molar-refractivity contribution in [2.24, 2.45) is 0 Å². The van der Waals surface area contributed by atoms with Gasteiger partial charge < -0.3 is 9.32 Å². The minimum atomic E-state index is 0.849. The maximum Gasteiger partial charge on any atom is 0.137 e. The number of furan rings is 1. The number of hydrogen-bond donors (Lipinski definition) is 0. The summed E-state index contributed by atoms with van der Waals surface area (Å²) in [6.07, 6.45) is 0. The molecule has 0 fully saturated rings. The molecule has 0 saturated carbocycles. The van der Waals surface area contributed by atoms with Crippen molar-refractivity contribution in [2.75, 3.05) is 4.90 Å². The predicted molar refractivity (Wildman–Crippen MR) is 186 cm³/mol. The van der Waals surface area contributed by atoms with Crippen molar-refractivity contribution in [1.82, 2.24) is 0 Å². The van der Waals surface area contributed by atoms with Crippen LogP contribution in [-0.4, -0.2) is 0 Å². The number of fused-ring (bicyclic) bond motifs is 7. The van der Waals surface area contributed by atoms with Gasteiger partial charge in [-0.05, 0) is 68.7 Å². The zero-order chi connectivity index (χ0) is 29.0. The fraction of sp³-hybridized carbons (Fsp3) is 0. The molecule has 0 atom stereocenters. The molecule has 0 saturated heterocycles. The quantitative estimate of drug-likeness (QED) is 0.199. The highest BCUT2D eigenvalue weighted by Crippen LogP contribution is 2.48. The van der Waals surface area contributed by atoms with Crippen LogP contribution in [0.25, 0.3) is 65.4 Å². The van der Waals surface area contributed by atoms with Gasteiger partial charge in [0.2, 0.25) is 0 Å². The minimum absolute atomic E-state index is 0.849. The van der Waals surface area contributed by atoms with Gasteiger partial charge in [0.15, 0.2) is 0 Å². The van der Waals surface area contributed by atoms with Crippen molar-refractivity contribution in [2.45, 2.75) is 0 Å². The third-order valence-corrected chi connectivity index (χ3v) is 8.81. The number of anilines is 3. The molecule has 8 aromatic carbocycles. The molecule has 0 amide bonds. The normalized spacial score (nSPS) is 11.6. The molecule has 0 unspecified atom stereocenters. The van der Waals surface area contributed by atoms with Gasteiger partial charge >= 0.3 is 0 Å². The summed E-state index contributed by atoms with van der Waals surface area (Å²) in [5.41, 5.74) is 5.24. The second kappa shape index (κ2) is 9.86. The summed E-state index contributed by atoms with van der Waals surface area (Å²) in [6.45, 7) is 0. The van der Waals surface area contributed by atoms with Gasteiger partial charge in [-0.25, -0.2) is 0 Å². The molecular formula is C42H27NO. The second-order valence-corrected chi connectivity index (χ2v) is 11.3. The molecule has 206 valence electrons. The Labute approximate surface area is 255 Å². The lowest BCUT2D eigenvalue weighted by Gasteiger charge is -2.30. The first-order valence-corrected chi connectivity index (χ1v) is 15.0. The molecule has 1 heterocycles. The van der Waals surface area contributed by atoms with Crippen LogP contribution in [0.5, 0.6) is 0 Å². The molecule has 2 nitrogen and oxygen atoms in total. The van der Waals surface area contributed by atoms with E-state index in [1.54, 1.807) is 0 Å². The van der Waals surface area contributed by atoms with E-state index in [1.807, 2.05) is 12.1 Å². The van der Waals surface area contributed by atoms with Crippen LogP contribution in [0.1, 0.15) is 0 Å². The SMILES string of the molecule is c1ccc(N(c2cc3ccccc3c3ccccc23)c2cc3ccccc3c3ccccc23)c(-c2cc3ccccc3o2)c1. The molecule has 0 N–H and O–H groups in total. The molecule has 0 aliphatic heterocycles. The molecule has 9 aromatic rings. The van der Waals surface area contributed by atoms with E-state index in [-0.39, 0.29) is 0 Å². The van der Waals surface area contributed by atoms with Crippen LogP contribution in [0.4, 0.5) is 17.1 Å². The number of nitrogens with zero attached hydrogens (tertiary/aromatic N) is 1. The van der Waals surface area contributed by atoms with Gasteiger partial charge in [-0.3, -0.25) is 0 Å². The summed E-state index contributed by atoms with van der Waals surface area (Å²) in [6, 6.07) is 58.6. The Hall–Kier alpha value is -5.86. The smallest absolute Gasteiger partial charge is 0.137 e. The summed E-state index contributed by atoms with van der Waals surface area (Å²) in [4.78, 5) is 2.45. The molecule has 44 heavy (non-hydrogen) atoms. The van der Waals surface area contributed by atoms with Crippen molar-refractivity contribution in [3.05, 3.63) is 164 Å². The lowest BCUT2D eigenvalue weighted by Crippen LogP contribution is -2.12. The van der Waals surface area contributed by atoms with Crippen LogP contribution in [0.2, 0.25) is 0 Å². The average Bonchev–Trinajstić information content (AvgIpc) is 3.53. The van der Waals surface area contributed by atoms with E-state index >= 15 is 0 Å². The van der Waals surface area contributed by atoms with Crippen LogP contribution in [-0.2, 0) is 0 Å². The summed E-state index contributed by atoms with van der Waals surface area (Å²) < 4.78 is 6.51. The first kappa shape index (κ1) is 24.7. The fourth-order valence-electron chi connectivity index (χ4n) is 6.82. The second-order valence-electron chi connectivity index (χ2n) is 11.3. The molecular weight excluding hydrogens is 534 g/mol. The van der Waals surface area contributed by atoms with Crippen LogP contribution < -0.4 is 4.90 Å². The van der Waals surface area contributed by atoms with Gasteiger partial charge in [-0.1, -0.05) is 127 Å². The Morgan fingerprint density at radius 2 is 0.795 bits per heavy atom. The topological polar surface area (TPSA) is 16.4 Å². The largest absolute Gasteiger partial charge is 0.456 e. The summed E-state index contributed by atoms with van der Waals surface area (Å²) in [7, 11) is 0. The van der Waals surface area contributed by atoms with Crippen LogP contribution >= 0.6 is 0 Å². The lowest BCUT2D eigenvalue weighted by atomic mass is 9.96. The van der Waals surface area contributed by atoms with Gasteiger partial charge in [0.25, 0.3) is 0 Å². The van der Waals surface area contributed by atoms with Crippen LogP contribution in [0, 0.1) is 0 Å². The Morgan fingerprint density at radius 3 is 1.39 bits per heavy atom. The van der Waals surface area contributed by atoms with Gasteiger partial charge in [0, 0.05) is 21.7 Å². The number of para-hydroxylation sites is 2. The Morgan fingerprint density at radius 1 is 0.341 bits per heavy atom.